The molecule has 1 unspecified atom stereocenters. The van der Waals surface area contributed by atoms with Gasteiger partial charge in [0.2, 0.25) is 10.0 Å². The molecule has 0 aromatic heterocycles. The van der Waals surface area contributed by atoms with E-state index in [-0.39, 0.29) is 4.90 Å². The number of nitrogens with two attached hydrogens (primary N) is 1. The second kappa shape index (κ2) is 7.00. The van der Waals surface area contributed by atoms with Crippen LogP contribution in [-0.4, -0.2) is 26.4 Å². The van der Waals surface area contributed by atoms with Crippen molar-refractivity contribution in [1.82, 2.24) is 0 Å². The van der Waals surface area contributed by atoms with Crippen LogP contribution in [0, 0.1) is 0 Å². The van der Waals surface area contributed by atoms with E-state index < -0.39 is 28.0 Å². The third-order valence-electron chi connectivity index (χ3n) is 2.42. The van der Waals surface area contributed by atoms with Gasteiger partial charge in [-0.3, -0.25) is 4.79 Å². The minimum Gasteiger partial charge on any atom is -0.449 e. The van der Waals surface area contributed by atoms with Crippen LogP contribution >= 0.6 is 0 Å². The second-order valence-electron chi connectivity index (χ2n) is 4.14. The maximum atomic E-state index is 11.8. The Kier molecular flexibility index (Phi) is 5.62. The Balaban J connectivity index is 2.68. The summed E-state index contributed by atoms with van der Waals surface area (Å²) in [5.74, 6) is -1.15. The molecule has 0 saturated carbocycles. The zero-order valence-corrected chi connectivity index (χ0v) is 12.4. The molecule has 3 N–H and O–H groups in total. The molecule has 0 aliphatic rings. The average Bonchev–Trinajstić information content (AvgIpc) is 2.38. The maximum absolute atomic E-state index is 11.8. The van der Waals surface area contributed by atoms with Crippen LogP contribution in [0.15, 0.2) is 41.3 Å². The number of primary sulfonamides is 1. The molecule has 114 valence electrons. The highest BCUT2D eigenvalue weighted by Crippen LogP contribution is 2.13. The fourth-order valence-corrected chi connectivity index (χ4v) is 1.89. The monoisotopic (exact) mass is 312 g/mol. The molecule has 0 fully saturated rings. The summed E-state index contributed by atoms with van der Waals surface area (Å²) in [6.07, 6.45) is 1.72. The first-order valence-electron chi connectivity index (χ1n) is 6.01. The Morgan fingerprint density at radius 1 is 1.29 bits per heavy atom. The Hall–Kier alpha value is -2.19. The molecule has 0 saturated heterocycles. The lowest BCUT2D eigenvalue weighted by Crippen LogP contribution is -2.29. The standard InChI is InChI=1S/C13H16N2O5S/c1-3-4-12(16)20-9(2)13(17)15-10-5-7-11(8-6-10)21(14,18)19/h3-9H,1-2H3,(H,15,17)(H2,14,18,19). The van der Waals surface area contributed by atoms with Crippen LogP contribution in [0.25, 0.3) is 0 Å². The maximum Gasteiger partial charge on any atom is 0.331 e. The van der Waals surface area contributed by atoms with Crippen LogP contribution < -0.4 is 10.5 Å². The molecule has 21 heavy (non-hydrogen) atoms. The third-order valence-corrected chi connectivity index (χ3v) is 3.34. The number of hydrogen-bond donors (Lipinski definition) is 2. The SMILES string of the molecule is CC=CC(=O)OC(C)C(=O)Nc1ccc(S(N)(=O)=O)cc1. The molecule has 0 radical (unpaired) electrons. The van der Waals surface area contributed by atoms with E-state index in [1.54, 1.807) is 6.92 Å². The molecule has 1 atom stereocenters. The van der Waals surface area contributed by atoms with E-state index in [4.69, 9.17) is 9.88 Å². The van der Waals surface area contributed by atoms with Gasteiger partial charge in [0.05, 0.1) is 4.90 Å². The fourth-order valence-electron chi connectivity index (χ4n) is 1.37. The zero-order valence-electron chi connectivity index (χ0n) is 11.6. The molecule has 1 amide bonds. The van der Waals surface area contributed by atoms with Crippen molar-refractivity contribution in [3.8, 4) is 0 Å². The van der Waals surface area contributed by atoms with Crippen LogP contribution in [0.4, 0.5) is 5.69 Å². The molecule has 0 aliphatic heterocycles. The molecule has 0 aliphatic carbocycles. The quantitative estimate of drug-likeness (QED) is 0.615. The van der Waals surface area contributed by atoms with Gasteiger partial charge in [0.15, 0.2) is 6.10 Å². The predicted molar refractivity (Wildman–Crippen MR) is 76.8 cm³/mol. The number of carbonyl (C=O) groups is 2. The van der Waals surface area contributed by atoms with Crippen LogP contribution in [0.5, 0.6) is 0 Å². The van der Waals surface area contributed by atoms with Crippen molar-refractivity contribution in [3.63, 3.8) is 0 Å². The van der Waals surface area contributed by atoms with Crippen LogP contribution in [0.2, 0.25) is 0 Å². The van der Waals surface area contributed by atoms with E-state index in [0.717, 1.165) is 0 Å². The number of sulfonamides is 1. The molecule has 0 bridgehead atoms. The highest BCUT2D eigenvalue weighted by Gasteiger charge is 2.16. The molecule has 1 rings (SSSR count). The van der Waals surface area contributed by atoms with Gasteiger partial charge in [-0.1, -0.05) is 6.08 Å². The first-order valence-corrected chi connectivity index (χ1v) is 7.55. The number of benzene rings is 1. The van der Waals surface area contributed by atoms with Crippen molar-refractivity contribution in [2.45, 2.75) is 24.8 Å². The highest BCUT2D eigenvalue weighted by molar-refractivity contribution is 7.89. The minimum atomic E-state index is -3.78. The van der Waals surface area contributed by atoms with Gasteiger partial charge in [0, 0.05) is 11.8 Å². The van der Waals surface area contributed by atoms with E-state index in [9.17, 15) is 18.0 Å². The first kappa shape index (κ1) is 16.9. The van der Waals surface area contributed by atoms with E-state index >= 15 is 0 Å². The largest absolute Gasteiger partial charge is 0.449 e. The van der Waals surface area contributed by atoms with Gasteiger partial charge in [-0.05, 0) is 38.1 Å². The summed E-state index contributed by atoms with van der Waals surface area (Å²) in [6.45, 7) is 3.08. The van der Waals surface area contributed by atoms with Crippen LogP contribution in [-0.2, 0) is 24.3 Å². The van der Waals surface area contributed by atoms with Crippen LogP contribution in [0.1, 0.15) is 13.8 Å². The average molecular weight is 312 g/mol. The van der Waals surface area contributed by atoms with Gasteiger partial charge in [-0.15, -0.1) is 0 Å². The van der Waals surface area contributed by atoms with Gasteiger partial charge in [-0.25, -0.2) is 18.4 Å². The molecule has 1 aromatic rings. The van der Waals surface area contributed by atoms with E-state index in [0.29, 0.717) is 5.69 Å². The summed E-state index contributed by atoms with van der Waals surface area (Å²) in [5.41, 5.74) is 0.362. The van der Waals surface area contributed by atoms with Gasteiger partial charge in [0.25, 0.3) is 5.91 Å². The zero-order chi connectivity index (χ0) is 16.0. The van der Waals surface area contributed by atoms with Crippen LogP contribution in [0.3, 0.4) is 0 Å². The highest BCUT2D eigenvalue weighted by atomic mass is 32.2. The summed E-state index contributed by atoms with van der Waals surface area (Å²) >= 11 is 0. The van der Waals surface area contributed by atoms with Crippen molar-refractivity contribution in [2.75, 3.05) is 5.32 Å². The lowest BCUT2D eigenvalue weighted by Gasteiger charge is -2.12. The minimum absolute atomic E-state index is 0.0620. The predicted octanol–water partition coefficient (Wildman–Crippen LogP) is 0.780. The Morgan fingerprint density at radius 2 is 1.86 bits per heavy atom. The number of nitrogens with one attached hydrogen (secondary N) is 1. The number of esters is 1. The molecule has 0 heterocycles. The fraction of sp³-hybridized carbons (Fsp3) is 0.231. The van der Waals surface area contributed by atoms with Crippen molar-refractivity contribution < 1.29 is 22.7 Å². The number of carbonyl (C=O) groups excluding carboxylic acids is 2. The van der Waals surface area contributed by atoms with Gasteiger partial charge >= 0.3 is 5.97 Å². The second-order valence-corrected chi connectivity index (χ2v) is 5.70. The summed E-state index contributed by atoms with van der Waals surface area (Å²) in [4.78, 5) is 22.9. The Bertz CT molecular complexity index is 650. The number of anilines is 1. The van der Waals surface area contributed by atoms with Crippen molar-refractivity contribution >= 4 is 27.6 Å². The molecule has 7 nitrogen and oxygen atoms in total. The topological polar surface area (TPSA) is 116 Å². The van der Waals surface area contributed by atoms with Crippen molar-refractivity contribution in [1.29, 1.82) is 0 Å². The molecular formula is C13H16N2O5S. The first-order chi connectivity index (χ1) is 9.74. The van der Waals surface area contributed by atoms with E-state index in [1.807, 2.05) is 0 Å². The molecule has 8 heteroatoms. The van der Waals surface area contributed by atoms with E-state index in [2.05, 4.69) is 5.32 Å². The number of allylic oxidation sites excluding steroid dienone is 1. The summed E-state index contributed by atoms with van der Waals surface area (Å²) in [5, 5.41) is 7.45. The summed E-state index contributed by atoms with van der Waals surface area (Å²) < 4.78 is 27.0. The Morgan fingerprint density at radius 3 is 2.33 bits per heavy atom. The van der Waals surface area contributed by atoms with Gasteiger partial charge < -0.3 is 10.1 Å². The lowest BCUT2D eigenvalue weighted by atomic mass is 10.3. The number of rotatable bonds is 5. The number of hydrogen-bond acceptors (Lipinski definition) is 5. The normalized spacial score (nSPS) is 12.9. The summed E-state index contributed by atoms with van der Waals surface area (Å²) in [6, 6.07) is 5.30. The molecular weight excluding hydrogens is 296 g/mol. The lowest BCUT2D eigenvalue weighted by molar-refractivity contribution is -0.148. The van der Waals surface area contributed by atoms with Gasteiger partial charge in [0.1, 0.15) is 0 Å². The molecule has 1 aromatic carbocycles. The van der Waals surface area contributed by atoms with Crippen molar-refractivity contribution in [3.05, 3.63) is 36.4 Å². The molecule has 0 spiro atoms. The van der Waals surface area contributed by atoms with Crippen molar-refractivity contribution in [2.24, 2.45) is 5.14 Å². The summed E-state index contributed by atoms with van der Waals surface area (Å²) in [7, 11) is -3.78. The third kappa shape index (κ3) is 5.36. The smallest absolute Gasteiger partial charge is 0.331 e. The number of ether oxygens (including phenoxy) is 1. The van der Waals surface area contributed by atoms with Gasteiger partial charge in [-0.2, -0.15) is 0 Å². The Labute approximate surface area is 122 Å². The van der Waals surface area contributed by atoms with E-state index in [1.165, 1.54) is 43.3 Å². The number of amides is 1.